The van der Waals surface area contributed by atoms with Crippen LogP contribution in [0.25, 0.3) is 0 Å². The van der Waals surface area contributed by atoms with E-state index in [1.54, 1.807) is 0 Å². The van der Waals surface area contributed by atoms with Crippen molar-refractivity contribution in [2.75, 3.05) is 53.0 Å². The summed E-state index contributed by atoms with van der Waals surface area (Å²) in [6.07, 6.45) is 0.440. The average Bonchev–Trinajstić information content (AvgIpc) is 2.46. The van der Waals surface area contributed by atoms with Crippen molar-refractivity contribution in [1.29, 1.82) is 0 Å². The van der Waals surface area contributed by atoms with E-state index in [-0.39, 0.29) is 17.9 Å². The first-order chi connectivity index (χ1) is 9.56. The van der Waals surface area contributed by atoms with Crippen LogP contribution in [0.3, 0.4) is 0 Å². The summed E-state index contributed by atoms with van der Waals surface area (Å²) in [5.74, 6) is -0.374. The lowest BCUT2D eigenvalue weighted by Gasteiger charge is -2.35. The molecule has 1 unspecified atom stereocenters. The van der Waals surface area contributed by atoms with Gasteiger partial charge in [-0.25, -0.2) is 0 Å². The molecule has 0 aromatic rings. The third-order valence-corrected chi connectivity index (χ3v) is 3.55. The van der Waals surface area contributed by atoms with Crippen LogP contribution in [0.2, 0.25) is 0 Å². The monoisotopic (exact) mass is 286 g/mol. The van der Waals surface area contributed by atoms with Crippen LogP contribution in [-0.4, -0.2) is 74.7 Å². The Bertz CT molecular complexity index is 314. The number of carbonyl (C=O) groups is 2. The predicted octanol–water partition coefficient (Wildman–Crippen LogP) is 0.366. The summed E-state index contributed by atoms with van der Waals surface area (Å²) in [5, 5.41) is 0. The van der Waals surface area contributed by atoms with E-state index in [4.69, 9.17) is 4.74 Å². The highest BCUT2D eigenvalue weighted by molar-refractivity contribution is 5.72. The summed E-state index contributed by atoms with van der Waals surface area (Å²) >= 11 is 0. The van der Waals surface area contributed by atoms with Gasteiger partial charge in [-0.1, -0.05) is 6.92 Å². The summed E-state index contributed by atoms with van der Waals surface area (Å²) in [5.41, 5.74) is 0. The van der Waals surface area contributed by atoms with E-state index >= 15 is 0 Å². The van der Waals surface area contributed by atoms with Crippen LogP contribution in [0, 0.1) is 5.92 Å². The molecule has 1 fully saturated rings. The molecule has 0 aliphatic carbocycles. The van der Waals surface area contributed by atoms with Crippen LogP contribution in [0.5, 0.6) is 0 Å². The third kappa shape index (κ3) is 5.88. The highest BCUT2D eigenvalue weighted by atomic mass is 16.5. The van der Waals surface area contributed by atoms with Crippen LogP contribution >= 0.6 is 0 Å². The number of rotatable bonds is 7. The Morgan fingerprint density at radius 2 is 1.75 bits per heavy atom. The van der Waals surface area contributed by atoms with Gasteiger partial charge in [0.25, 0.3) is 0 Å². The van der Waals surface area contributed by atoms with E-state index in [2.05, 4.69) is 14.5 Å². The molecule has 1 rings (SSSR count). The lowest BCUT2D eigenvalue weighted by atomic mass is 10.1. The van der Waals surface area contributed by atoms with Crippen molar-refractivity contribution in [3.63, 3.8) is 0 Å². The van der Waals surface area contributed by atoms with Gasteiger partial charge < -0.3 is 14.4 Å². The zero-order valence-corrected chi connectivity index (χ0v) is 12.8. The minimum Gasteiger partial charge on any atom is -0.469 e. The molecule has 116 valence electrons. The molecule has 6 nitrogen and oxygen atoms in total. The molecule has 20 heavy (non-hydrogen) atoms. The van der Waals surface area contributed by atoms with Crippen molar-refractivity contribution < 1.29 is 19.1 Å². The molecule has 0 spiro atoms. The molecule has 0 radical (unpaired) electrons. The van der Waals surface area contributed by atoms with Crippen molar-refractivity contribution in [3.8, 4) is 0 Å². The van der Waals surface area contributed by atoms with Crippen molar-refractivity contribution >= 4 is 11.9 Å². The standard InChI is InChI=1S/C14H26N2O4/c1-4-20-14(18)12(2)11-16-9-7-15(8-10-16)6-5-13(17)19-3/h12H,4-11H2,1-3H3. The largest absolute Gasteiger partial charge is 0.469 e. The van der Waals surface area contributed by atoms with E-state index in [0.717, 1.165) is 39.3 Å². The topological polar surface area (TPSA) is 59.1 Å². The van der Waals surface area contributed by atoms with Gasteiger partial charge in [0, 0.05) is 39.3 Å². The molecule has 0 amide bonds. The minimum atomic E-state index is -0.164. The van der Waals surface area contributed by atoms with E-state index in [0.29, 0.717) is 13.0 Å². The first-order valence-corrected chi connectivity index (χ1v) is 7.25. The van der Waals surface area contributed by atoms with Gasteiger partial charge in [-0.15, -0.1) is 0 Å². The summed E-state index contributed by atoms with van der Waals surface area (Å²) in [6.45, 7) is 9.34. The van der Waals surface area contributed by atoms with Crippen molar-refractivity contribution in [1.82, 2.24) is 9.80 Å². The van der Waals surface area contributed by atoms with Crippen molar-refractivity contribution in [3.05, 3.63) is 0 Å². The lowest BCUT2D eigenvalue weighted by Crippen LogP contribution is -2.48. The number of esters is 2. The molecule has 0 bridgehead atoms. The highest BCUT2D eigenvalue weighted by Crippen LogP contribution is 2.08. The molecular formula is C14H26N2O4. The molecule has 0 aromatic carbocycles. The molecule has 1 aliphatic rings. The van der Waals surface area contributed by atoms with E-state index in [9.17, 15) is 9.59 Å². The lowest BCUT2D eigenvalue weighted by molar-refractivity contribution is -0.148. The number of nitrogens with zero attached hydrogens (tertiary/aromatic N) is 2. The number of hydrogen-bond acceptors (Lipinski definition) is 6. The maximum atomic E-state index is 11.6. The Balaban J connectivity index is 2.21. The average molecular weight is 286 g/mol. The molecule has 0 saturated carbocycles. The van der Waals surface area contributed by atoms with E-state index in [1.807, 2.05) is 13.8 Å². The van der Waals surface area contributed by atoms with Gasteiger partial charge in [-0.3, -0.25) is 14.5 Å². The van der Waals surface area contributed by atoms with Crippen LogP contribution in [-0.2, 0) is 19.1 Å². The normalized spacial score (nSPS) is 18.6. The fraction of sp³-hybridized carbons (Fsp3) is 0.857. The zero-order valence-electron chi connectivity index (χ0n) is 12.8. The summed E-state index contributed by atoms with van der Waals surface area (Å²) in [6, 6.07) is 0. The molecular weight excluding hydrogens is 260 g/mol. The van der Waals surface area contributed by atoms with Crippen LogP contribution in [0.1, 0.15) is 20.3 Å². The van der Waals surface area contributed by atoms with Gasteiger partial charge in [0.15, 0.2) is 0 Å². The third-order valence-electron chi connectivity index (χ3n) is 3.55. The smallest absolute Gasteiger partial charge is 0.309 e. The number of piperazine rings is 1. The number of hydrogen-bond donors (Lipinski definition) is 0. The molecule has 1 aliphatic heterocycles. The number of methoxy groups -OCH3 is 1. The van der Waals surface area contributed by atoms with Gasteiger partial charge in [-0.2, -0.15) is 0 Å². The van der Waals surface area contributed by atoms with Gasteiger partial charge in [0.1, 0.15) is 0 Å². The molecule has 0 aromatic heterocycles. The second kappa shape index (κ2) is 8.92. The Hall–Kier alpha value is -1.14. The fourth-order valence-corrected chi connectivity index (χ4v) is 2.29. The molecule has 6 heteroatoms. The van der Waals surface area contributed by atoms with Crippen molar-refractivity contribution in [2.24, 2.45) is 5.92 Å². The van der Waals surface area contributed by atoms with Crippen molar-refractivity contribution in [2.45, 2.75) is 20.3 Å². The van der Waals surface area contributed by atoms with Gasteiger partial charge in [0.2, 0.25) is 0 Å². The Labute approximate surface area is 121 Å². The Morgan fingerprint density at radius 1 is 1.15 bits per heavy atom. The zero-order chi connectivity index (χ0) is 15.0. The predicted molar refractivity (Wildman–Crippen MR) is 75.3 cm³/mol. The van der Waals surface area contributed by atoms with Crippen LogP contribution in [0.15, 0.2) is 0 Å². The highest BCUT2D eigenvalue weighted by Gasteiger charge is 2.22. The number of carbonyl (C=O) groups excluding carboxylic acids is 2. The summed E-state index contributed by atoms with van der Waals surface area (Å²) in [4.78, 5) is 27.2. The Morgan fingerprint density at radius 3 is 2.30 bits per heavy atom. The maximum Gasteiger partial charge on any atom is 0.309 e. The summed E-state index contributed by atoms with van der Waals surface area (Å²) < 4.78 is 9.65. The number of ether oxygens (including phenoxy) is 2. The SMILES string of the molecule is CCOC(=O)C(C)CN1CCN(CCC(=O)OC)CC1. The Kier molecular flexibility index (Phi) is 7.54. The summed E-state index contributed by atoms with van der Waals surface area (Å²) in [7, 11) is 1.41. The van der Waals surface area contributed by atoms with Crippen LogP contribution < -0.4 is 0 Å². The molecule has 1 heterocycles. The van der Waals surface area contributed by atoms with Gasteiger partial charge >= 0.3 is 11.9 Å². The quantitative estimate of drug-likeness (QED) is 0.630. The second-order valence-corrected chi connectivity index (χ2v) is 5.12. The molecule has 1 saturated heterocycles. The minimum absolute atomic E-state index is 0.0865. The molecule has 0 N–H and O–H groups in total. The maximum absolute atomic E-state index is 11.6. The van der Waals surface area contributed by atoms with E-state index in [1.165, 1.54) is 7.11 Å². The second-order valence-electron chi connectivity index (χ2n) is 5.12. The fourth-order valence-electron chi connectivity index (χ4n) is 2.29. The van der Waals surface area contributed by atoms with Gasteiger partial charge in [-0.05, 0) is 6.92 Å². The van der Waals surface area contributed by atoms with Crippen LogP contribution in [0.4, 0.5) is 0 Å². The van der Waals surface area contributed by atoms with Gasteiger partial charge in [0.05, 0.1) is 26.1 Å². The first kappa shape index (κ1) is 16.9. The first-order valence-electron chi connectivity index (χ1n) is 7.25. The van der Waals surface area contributed by atoms with E-state index < -0.39 is 0 Å². The molecule has 1 atom stereocenters.